The Bertz CT molecular complexity index is 825. The number of rotatable bonds is 6. The van der Waals surface area contributed by atoms with Gasteiger partial charge in [0, 0.05) is 12.5 Å². The summed E-state index contributed by atoms with van der Waals surface area (Å²) in [6.07, 6.45) is 1.82. The van der Waals surface area contributed by atoms with Crippen molar-refractivity contribution in [3.05, 3.63) is 70.8 Å². The number of carbonyl (C=O) groups is 2. The number of carbonyl (C=O) groups excluding carboxylic acids is 1. The van der Waals surface area contributed by atoms with Crippen LogP contribution in [-0.4, -0.2) is 49.2 Å². The summed E-state index contributed by atoms with van der Waals surface area (Å²) in [5.74, 6) is -0.642. The lowest BCUT2D eigenvalue weighted by atomic mass is 9.71. The van der Waals surface area contributed by atoms with Crippen molar-refractivity contribution in [2.75, 3.05) is 27.2 Å². The lowest BCUT2D eigenvalue weighted by Gasteiger charge is -2.36. The van der Waals surface area contributed by atoms with E-state index in [1.54, 1.807) is 0 Å². The smallest absolute Gasteiger partial charge is 0.337 e. The topological polar surface area (TPSA) is 66.8 Å². The van der Waals surface area contributed by atoms with Gasteiger partial charge in [0.05, 0.1) is 19.2 Å². The second-order valence-electron chi connectivity index (χ2n) is 7.18. The largest absolute Gasteiger partial charge is 0.480 e. The Morgan fingerprint density at radius 3 is 2.54 bits per heavy atom. The fraction of sp³-hybridized carbons (Fsp3) is 0.364. The average molecular weight is 404 g/mol. The summed E-state index contributed by atoms with van der Waals surface area (Å²) >= 11 is 0. The summed E-state index contributed by atoms with van der Waals surface area (Å²) in [7, 11) is 3.24. The molecule has 28 heavy (non-hydrogen) atoms. The highest BCUT2D eigenvalue weighted by atomic mass is 35.5. The SMILES string of the molecule is COC(=O)c1ccc2c(c1)CCC(CN(C)CC(=O)O)C2c1ccccc1.Cl. The van der Waals surface area contributed by atoms with E-state index in [4.69, 9.17) is 9.84 Å². The van der Waals surface area contributed by atoms with Crippen molar-refractivity contribution in [2.45, 2.75) is 18.8 Å². The normalized spacial score (nSPS) is 18.1. The van der Waals surface area contributed by atoms with Crippen LogP contribution in [0.5, 0.6) is 0 Å². The number of nitrogens with zero attached hydrogens (tertiary/aromatic N) is 1. The Kier molecular flexibility index (Phi) is 7.61. The molecule has 0 bridgehead atoms. The second-order valence-corrected chi connectivity index (χ2v) is 7.18. The van der Waals surface area contributed by atoms with Crippen LogP contribution < -0.4 is 0 Å². The van der Waals surface area contributed by atoms with Gasteiger partial charge in [-0.15, -0.1) is 12.4 Å². The quantitative estimate of drug-likeness (QED) is 0.746. The van der Waals surface area contributed by atoms with Crippen molar-refractivity contribution in [3.63, 3.8) is 0 Å². The van der Waals surface area contributed by atoms with E-state index in [1.165, 1.54) is 23.8 Å². The van der Waals surface area contributed by atoms with E-state index in [-0.39, 0.29) is 30.8 Å². The number of carboxylic acids is 1. The third kappa shape index (κ3) is 4.91. The molecule has 0 aromatic heterocycles. The second kappa shape index (κ2) is 9.71. The molecule has 2 aromatic rings. The molecule has 0 heterocycles. The van der Waals surface area contributed by atoms with Crippen molar-refractivity contribution in [3.8, 4) is 0 Å². The van der Waals surface area contributed by atoms with Crippen molar-refractivity contribution >= 4 is 24.3 Å². The summed E-state index contributed by atoms with van der Waals surface area (Å²) < 4.78 is 4.85. The van der Waals surface area contributed by atoms with Crippen LogP contribution in [0.15, 0.2) is 48.5 Å². The summed E-state index contributed by atoms with van der Waals surface area (Å²) in [4.78, 5) is 24.8. The van der Waals surface area contributed by atoms with Crippen LogP contribution in [0, 0.1) is 5.92 Å². The molecule has 150 valence electrons. The number of ether oxygens (including phenoxy) is 1. The third-order valence-corrected chi connectivity index (χ3v) is 5.27. The fourth-order valence-corrected chi connectivity index (χ4v) is 4.14. The van der Waals surface area contributed by atoms with Gasteiger partial charge in [-0.05, 0) is 54.6 Å². The molecule has 6 heteroatoms. The molecule has 3 rings (SSSR count). The molecule has 0 aliphatic heterocycles. The van der Waals surface area contributed by atoms with Gasteiger partial charge in [0.2, 0.25) is 0 Å². The minimum absolute atomic E-state index is 0. The van der Waals surface area contributed by atoms with Crippen LogP contribution in [0.1, 0.15) is 39.4 Å². The molecule has 1 aliphatic carbocycles. The number of aliphatic carboxylic acids is 1. The van der Waals surface area contributed by atoms with Crippen molar-refractivity contribution in [2.24, 2.45) is 5.92 Å². The molecule has 0 spiro atoms. The number of methoxy groups -OCH3 is 1. The van der Waals surface area contributed by atoms with E-state index in [2.05, 4.69) is 12.1 Å². The summed E-state index contributed by atoms with van der Waals surface area (Å²) in [5, 5.41) is 9.07. The van der Waals surface area contributed by atoms with Gasteiger partial charge in [0.15, 0.2) is 0 Å². The fourth-order valence-electron chi connectivity index (χ4n) is 4.14. The van der Waals surface area contributed by atoms with E-state index >= 15 is 0 Å². The third-order valence-electron chi connectivity index (χ3n) is 5.27. The van der Waals surface area contributed by atoms with Gasteiger partial charge in [0.25, 0.3) is 0 Å². The number of esters is 1. The van der Waals surface area contributed by atoms with Crippen LogP contribution in [0.2, 0.25) is 0 Å². The Hall–Kier alpha value is -2.37. The zero-order chi connectivity index (χ0) is 19.4. The molecule has 0 saturated carbocycles. The molecule has 5 nitrogen and oxygen atoms in total. The molecule has 2 atom stereocenters. The first-order chi connectivity index (χ1) is 13.0. The van der Waals surface area contributed by atoms with Gasteiger partial charge in [-0.3, -0.25) is 9.69 Å². The van der Waals surface area contributed by atoms with Crippen LogP contribution in [0.25, 0.3) is 0 Å². The molecule has 0 radical (unpaired) electrons. The highest BCUT2D eigenvalue weighted by molar-refractivity contribution is 5.89. The van der Waals surface area contributed by atoms with E-state index in [9.17, 15) is 9.59 Å². The van der Waals surface area contributed by atoms with Crippen molar-refractivity contribution in [1.29, 1.82) is 0 Å². The summed E-state index contributed by atoms with van der Waals surface area (Å²) in [6.45, 7) is 0.746. The Morgan fingerprint density at radius 2 is 1.89 bits per heavy atom. The molecule has 1 aliphatic rings. The Balaban J connectivity index is 0.00000280. The number of hydrogen-bond acceptors (Lipinski definition) is 4. The zero-order valence-corrected chi connectivity index (χ0v) is 16.9. The maximum atomic E-state index is 11.9. The number of hydrogen-bond donors (Lipinski definition) is 1. The number of fused-ring (bicyclic) bond motifs is 1. The van der Waals surface area contributed by atoms with Gasteiger partial charge >= 0.3 is 11.9 Å². The predicted octanol–water partition coefficient (Wildman–Crippen LogP) is 3.61. The minimum Gasteiger partial charge on any atom is -0.480 e. The van der Waals surface area contributed by atoms with E-state index in [1.807, 2.05) is 48.3 Å². The lowest BCUT2D eigenvalue weighted by Crippen LogP contribution is -2.35. The molecule has 1 N–H and O–H groups in total. The number of likely N-dealkylation sites (N-methyl/N-ethyl adjacent to an activating group) is 1. The molecule has 0 amide bonds. The van der Waals surface area contributed by atoms with Gasteiger partial charge < -0.3 is 9.84 Å². The van der Waals surface area contributed by atoms with Crippen LogP contribution in [0.3, 0.4) is 0 Å². The number of halogens is 1. The first-order valence-electron chi connectivity index (χ1n) is 9.16. The predicted molar refractivity (Wildman–Crippen MR) is 110 cm³/mol. The standard InChI is InChI=1S/C22H25NO4.ClH/c1-23(14-20(24)25)13-18-9-8-16-12-17(22(26)27-2)10-11-19(16)21(18)15-6-4-3-5-7-15;/h3-7,10-12,18,21H,8-9,13-14H2,1-2H3,(H,24,25);1H. The van der Waals surface area contributed by atoms with Gasteiger partial charge in [-0.25, -0.2) is 4.79 Å². The molecular weight excluding hydrogens is 378 g/mol. The van der Waals surface area contributed by atoms with E-state index in [0.29, 0.717) is 18.0 Å². The number of aryl methyl sites for hydroxylation is 1. The average Bonchev–Trinajstić information content (AvgIpc) is 2.66. The minimum atomic E-state index is -0.812. The molecule has 0 fully saturated rings. The van der Waals surface area contributed by atoms with Gasteiger partial charge in [-0.1, -0.05) is 36.4 Å². The highest BCUT2D eigenvalue weighted by Gasteiger charge is 2.32. The first-order valence-corrected chi connectivity index (χ1v) is 9.16. The Labute approximate surface area is 171 Å². The van der Waals surface area contributed by atoms with Crippen LogP contribution >= 0.6 is 12.4 Å². The van der Waals surface area contributed by atoms with Crippen LogP contribution in [-0.2, 0) is 16.0 Å². The number of carboxylic acid groups (broad SMARTS) is 1. The first kappa shape index (κ1) is 21.9. The van der Waals surface area contributed by atoms with E-state index in [0.717, 1.165) is 12.8 Å². The highest BCUT2D eigenvalue weighted by Crippen LogP contribution is 2.41. The zero-order valence-electron chi connectivity index (χ0n) is 16.1. The Morgan fingerprint density at radius 1 is 1.18 bits per heavy atom. The number of benzene rings is 2. The van der Waals surface area contributed by atoms with Crippen molar-refractivity contribution < 1.29 is 19.4 Å². The van der Waals surface area contributed by atoms with Crippen molar-refractivity contribution in [1.82, 2.24) is 4.90 Å². The molecule has 2 unspecified atom stereocenters. The van der Waals surface area contributed by atoms with Gasteiger partial charge in [-0.2, -0.15) is 0 Å². The van der Waals surface area contributed by atoms with E-state index < -0.39 is 5.97 Å². The molecular formula is C22H26ClNO4. The summed E-state index contributed by atoms with van der Waals surface area (Å²) in [6, 6.07) is 16.1. The van der Waals surface area contributed by atoms with Crippen LogP contribution in [0.4, 0.5) is 0 Å². The maximum Gasteiger partial charge on any atom is 0.337 e. The lowest BCUT2D eigenvalue weighted by molar-refractivity contribution is -0.138. The molecule has 0 saturated heterocycles. The molecule has 2 aromatic carbocycles. The monoisotopic (exact) mass is 403 g/mol. The van der Waals surface area contributed by atoms with Gasteiger partial charge in [0.1, 0.15) is 0 Å². The maximum absolute atomic E-state index is 11.9. The summed E-state index contributed by atoms with van der Waals surface area (Å²) in [5.41, 5.74) is 4.18.